The van der Waals surface area contributed by atoms with E-state index in [0.29, 0.717) is 5.56 Å². The molecule has 31 heavy (non-hydrogen) atoms. The number of unbranched alkanes of at least 4 members (excludes halogenated alkanes) is 11. The first-order valence-corrected chi connectivity index (χ1v) is 17.9. The molecule has 178 valence electrons. The monoisotopic (exact) mass is 465 g/mol. The highest BCUT2D eigenvalue weighted by Gasteiger charge is 2.11. The number of Topliss-reactive ketones (excluding diaryl/α,β-unsaturated/α-hetero) is 1. The Balaban J connectivity index is 1.90. The summed E-state index contributed by atoms with van der Waals surface area (Å²) >= 11 is 0. The molecule has 0 amide bonds. The molecule has 1 unspecified atom stereocenters. The molecule has 0 saturated heterocycles. The van der Waals surface area contributed by atoms with Crippen molar-refractivity contribution in [2.75, 3.05) is 23.9 Å². The molecule has 0 saturated carbocycles. The number of benzene rings is 1. The Morgan fingerprint density at radius 1 is 0.774 bits per heavy atom. The largest absolute Gasteiger partial charge is 0.385 e. The molecule has 5 heteroatoms. The van der Waals surface area contributed by atoms with E-state index in [9.17, 15) is 9.00 Å². The Bertz CT molecular complexity index is 625. The summed E-state index contributed by atoms with van der Waals surface area (Å²) < 4.78 is 11.2. The minimum absolute atomic E-state index is 0.0511. The average Bonchev–Trinajstić information content (AvgIpc) is 2.70. The van der Waals surface area contributed by atoms with Crippen LogP contribution in [0.4, 0.5) is 5.69 Å². The highest BCUT2D eigenvalue weighted by atomic mass is 32.2. The van der Waals surface area contributed by atoms with Gasteiger partial charge >= 0.3 is 0 Å². The van der Waals surface area contributed by atoms with Crippen molar-refractivity contribution in [1.82, 2.24) is 0 Å². The lowest BCUT2D eigenvalue weighted by Crippen LogP contribution is -2.18. The van der Waals surface area contributed by atoms with Gasteiger partial charge in [-0.2, -0.15) is 0 Å². The standard InChI is InChI=1S/C26H47NO2SSi/c1-30(29)23-26(28)24-17-19-25(20-18-24)27-21-15-13-11-9-7-5-6-8-10-12-14-16-22-31(2,3)4/h17-20,27H,5-16,21-23H2,1-4H3. The molecule has 0 heterocycles. The minimum atomic E-state index is -1.08. The van der Waals surface area contributed by atoms with Gasteiger partial charge in [0.25, 0.3) is 0 Å². The van der Waals surface area contributed by atoms with Crippen molar-refractivity contribution in [3.05, 3.63) is 29.8 Å². The van der Waals surface area contributed by atoms with E-state index in [-0.39, 0.29) is 11.5 Å². The zero-order valence-corrected chi connectivity index (χ0v) is 22.5. The molecular weight excluding hydrogens is 418 g/mol. The molecule has 0 radical (unpaired) electrons. The van der Waals surface area contributed by atoms with E-state index in [2.05, 4.69) is 25.0 Å². The van der Waals surface area contributed by atoms with Crippen LogP contribution < -0.4 is 5.32 Å². The number of rotatable bonds is 19. The number of nitrogens with one attached hydrogen (secondary N) is 1. The fraction of sp³-hybridized carbons (Fsp3) is 0.731. The smallest absolute Gasteiger partial charge is 0.175 e. The van der Waals surface area contributed by atoms with Gasteiger partial charge in [0.1, 0.15) is 0 Å². The van der Waals surface area contributed by atoms with Gasteiger partial charge in [-0.15, -0.1) is 0 Å². The van der Waals surface area contributed by atoms with Crippen LogP contribution in [-0.4, -0.2) is 36.6 Å². The van der Waals surface area contributed by atoms with Crippen LogP contribution in [0.25, 0.3) is 0 Å². The van der Waals surface area contributed by atoms with Crippen molar-refractivity contribution in [3.8, 4) is 0 Å². The van der Waals surface area contributed by atoms with Crippen molar-refractivity contribution in [3.63, 3.8) is 0 Å². The Kier molecular flexibility index (Phi) is 15.1. The molecule has 1 atom stereocenters. The van der Waals surface area contributed by atoms with Gasteiger partial charge in [-0.25, -0.2) is 0 Å². The lowest BCUT2D eigenvalue weighted by atomic mass is 10.1. The van der Waals surface area contributed by atoms with E-state index in [1.807, 2.05) is 24.3 Å². The Labute approximate surface area is 195 Å². The van der Waals surface area contributed by atoms with Gasteiger partial charge in [0.2, 0.25) is 0 Å². The minimum Gasteiger partial charge on any atom is -0.385 e. The molecule has 1 aromatic carbocycles. The molecule has 0 aliphatic rings. The second-order valence-corrected chi connectivity index (χ2v) is 17.3. The third-order valence-electron chi connectivity index (χ3n) is 5.72. The average molecular weight is 466 g/mol. The van der Waals surface area contributed by atoms with E-state index in [0.717, 1.165) is 12.2 Å². The molecule has 1 rings (SSSR count). The summed E-state index contributed by atoms with van der Waals surface area (Å²) in [5.74, 6) is 0.0517. The van der Waals surface area contributed by atoms with Crippen LogP contribution in [0.15, 0.2) is 24.3 Å². The number of carbonyl (C=O) groups excluding carboxylic acids is 1. The molecule has 0 aliphatic carbocycles. The number of ketones is 1. The fourth-order valence-electron chi connectivity index (χ4n) is 3.82. The number of hydrogen-bond donors (Lipinski definition) is 1. The van der Waals surface area contributed by atoms with Gasteiger partial charge in [0.05, 0.1) is 5.75 Å². The van der Waals surface area contributed by atoms with Crippen molar-refractivity contribution in [1.29, 1.82) is 0 Å². The van der Waals surface area contributed by atoms with Crippen LogP contribution >= 0.6 is 0 Å². The fourth-order valence-corrected chi connectivity index (χ4v) is 5.67. The van der Waals surface area contributed by atoms with Crippen LogP contribution in [0.3, 0.4) is 0 Å². The number of anilines is 1. The molecule has 0 bridgehead atoms. The third-order valence-corrected chi connectivity index (χ3v) is 8.25. The topological polar surface area (TPSA) is 46.2 Å². The van der Waals surface area contributed by atoms with E-state index in [1.54, 1.807) is 6.26 Å². The maximum Gasteiger partial charge on any atom is 0.175 e. The van der Waals surface area contributed by atoms with Crippen LogP contribution in [0, 0.1) is 0 Å². The van der Waals surface area contributed by atoms with Gasteiger partial charge < -0.3 is 5.32 Å². The van der Waals surface area contributed by atoms with Crippen molar-refractivity contribution in [2.45, 2.75) is 103 Å². The van der Waals surface area contributed by atoms with Gasteiger partial charge in [-0.05, 0) is 30.7 Å². The summed E-state index contributed by atoms with van der Waals surface area (Å²) in [5, 5.41) is 3.43. The summed E-state index contributed by atoms with van der Waals surface area (Å²) in [6.07, 6.45) is 18.2. The van der Waals surface area contributed by atoms with Gasteiger partial charge in [0, 0.05) is 42.9 Å². The molecule has 3 nitrogen and oxygen atoms in total. The summed E-state index contributed by atoms with van der Waals surface area (Å²) in [4.78, 5) is 11.9. The van der Waals surface area contributed by atoms with Crippen molar-refractivity contribution in [2.24, 2.45) is 0 Å². The second kappa shape index (κ2) is 16.7. The first kappa shape index (κ1) is 28.1. The molecule has 0 fully saturated rings. The Morgan fingerprint density at radius 2 is 1.23 bits per heavy atom. The van der Waals surface area contributed by atoms with Crippen molar-refractivity contribution >= 4 is 30.3 Å². The van der Waals surface area contributed by atoms with Crippen LogP contribution in [0.1, 0.15) is 87.4 Å². The lowest BCUT2D eigenvalue weighted by Gasteiger charge is -2.14. The highest BCUT2D eigenvalue weighted by Crippen LogP contribution is 2.17. The van der Waals surface area contributed by atoms with Crippen LogP contribution in [-0.2, 0) is 10.8 Å². The zero-order chi connectivity index (χ0) is 23.0. The summed E-state index contributed by atoms with van der Waals surface area (Å²) in [7, 11) is -1.89. The van der Waals surface area contributed by atoms with Crippen LogP contribution in [0.5, 0.6) is 0 Å². The summed E-state index contributed by atoms with van der Waals surface area (Å²) in [6, 6.07) is 9.03. The van der Waals surface area contributed by atoms with Gasteiger partial charge in [0.15, 0.2) is 5.78 Å². The maximum atomic E-state index is 11.9. The normalized spacial score (nSPS) is 12.6. The van der Waals surface area contributed by atoms with E-state index >= 15 is 0 Å². The lowest BCUT2D eigenvalue weighted by molar-refractivity contribution is 0.102. The summed E-state index contributed by atoms with van der Waals surface area (Å²) in [6.45, 7) is 8.41. The number of hydrogen-bond acceptors (Lipinski definition) is 3. The van der Waals surface area contributed by atoms with Crippen molar-refractivity contribution < 1.29 is 9.00 Å². The Morgan fingerprint density at radius 3 is 1.68 bits per heavy atom. The van der Waals surface area contributed by atoms with E-state index in [4.69, 9.17) is 0 Å². The molecular formula is C26H47NO2SSi. The zero-order valence-electron chi connectivity index (χ0n) is 20.6. The Hall–Kier alpha value is -0.943. The van der Waals surface area contributed by atoms with Gasteiger partial charge in [-0.3, -0.25) is 9.00 Å². The summed E-state index contributed by atoms with van der Waals surface area (Å²) in [5.41, 5.74) is 1.69. The second-order valence-electron chi connectivity index (χ2n) is 10.2. The SMILES string of the molecule is CS(=O)CC(=O)c1ccc(NCCCCCCCCCCCCCC[Si](C)(C)C)cc1. The molecule has 0 spiro atoms. The molecule has 1 N–H and O–H groups in total. The first-order valence-electron chi connectivity index (χ1n) is 12.4. The van der Waals surface area contributed by atoms with E-state index < -0.39 is 18.9 Å². The predicted molar refractivity (Wildman–Crippen MR) is 142 cm³/mol. The maximum absolute atomic E-state index is 11.9. The highest BCUT2D eigenvalue weighted by molar-refractivity contribution is 7.85. The first-order chi connectivity index (χ1) is 14.8. The van der Waals surface area contributed by atoms with Gasteiger partial charge in [-0.1, -0.05) is 96.3 Å². The molecule has 0 aliphatic heterocycles. The molecule has 1 aromatic rings. The third kappa shape index (κ3) is 16.4. The predicted octanol–water partition coefficient (Wildman–Crippen LogP) is 7.68. The molecule has 0 aromatic heterocycles. The van der Waals surface area contributed by atoms with E-state index in [1.165, 1.54) is 83.1 Å². The van der Waals surface area contributed by atoms with Crippen LogP contribution in [0.2, 0.25) is 25.7 Å². The quantitative estimate of drug-likeness (QED) is 0.129. The number of carbonyl (C=O) groups is 1.